The van der Waals surface area contributed by atoms with Crippen molar-refractivity contribution in [2.45, 2.75) is 44.9 Å². The second-order valence-corrected chi connectivity index (χ2v) is 4.84. The lowest BCUT2D eigenvalue weighted by Gasteiger charge is -2.23. The molecule has 1 aliphatic carbocycles. The van der Waals surface area contributed by atoms with Gasteiger partial charge < -0.3 is 4.90 Å². The number of carbonyl (C=O) groups is 1. The number of Topliss-reactive ketones (excluding diaryl/α,β-unsaturated/α-hetero) is 1. The fraction of sp³-hybridized carbons (Fsp3) is 0.917. The maximum Gasteiger partial charge on any atom is 0.133 e. The second-order valence-electron chi connectivity index (χ2n) is 4.84. The van der Waals surface area contributed by atoms with E-state index in [4.69, 9.17) is 0 Å². The molecule has 1 saturated heterocycles. The van der Waals surface area contributed by atoms with Gasteiger partial charge in [-0.15, -0.1) is 0 Å². The molecule has 0 amide bonds. The van der Waals surface area contributed by atoms with Crippen molar-refractivity contribution in [2.75, 3.05) is 19.6 Å². The highest BCUT2D eigenvalue weighted by Gasteiger charge is 2.20. The van der Waals surface area contributed by atoms with Crippen LogP contribution >= 0.6 is 0 Å². The van der Waals surface area contributed by atoms with Crippen LogP contribution in [0.3, 0.4) is 0 Å². The molecule has 14 heavy (non-hydrogen) atoms. The number of hydrogen-bond donors (Lipinski definition) is 0. The molecule has 1 unspecified atom stereocenters. The molecule has 2 fully saturated rings. The van der Waals surface area contributed by atoms with Crippen LogP contribution in [0.25, 0.3) is 0 Å². The largest absolute Gasteiger partial charge is 0.303 e. The summed E-state index contributed by atoms with van der Waals surface area (Å²) in [6.45, 7) is 3.82. The number of rotatable bonds is 3. The van der Waals surface area contributed by atoms with Crippen LogP contribution in [0.15, 0.2) is 0 Å². The zero-order chi connectivity index (χ0) is 9.80. The predicted octanol–water partition coefficient (Wildman–Crippen LogP) is 2.23. The van der Waals surface area contributed by atoms with Crippen LogP contribution in [0, 0.1) is 5.92 Å². The van der Waals surface area contributed by atoms with Crippen molar-refractivity contribution in [2.24, 2.45) is 5.92 Å². The van der Waals surface area contributed by atoms with Gasteiger partial charge >= 0.3 is 0 Å². The summed E-state index contributed by atoms with van der Waals surface area (Å²) in [4.78, 5) is 13.8. The Morgan fingerprint density at radius 1 is 1.21 bits per heavy atom. The minimum Gasteiger partial charge on any atom is -0.303 e. The molecule has 0 aromatic carbocycles. The molecular weight excluding hydrogens is 174 g/mol. The Hall–Kier alpha value is -0.370. The molecule has 1 atom stereocenters. The number of nitrogens with zero attached hydrogens (tertiary/aromatic N) is 1. The van der Waals surface area contributed by atoms with E-state index in [0.717, 1.165) is 19.3 Å². The third-order valence-electron chi connectivity index (χ3n) is 3.64. The van der Waals surface area contributed by atoms with Crippen LogP contribution < -0.4 is 0 Å². The average Bonchev–Trinajstić information content (AvgIpc) is 2.67. The molecule has 2 rings (SSSR count). The van der Waals surface area contributed by atoms with Crippen molar-refractivity contribution < 1.29 is 4.79 Å². The van der Waals surface area contributed by atoms with Crippen LogP contribution in [-0.2, 0) is 4.79 Å². The summed E-state index contributed by atoms with van der Waals surface area (Å²) in [6.07, 6.45) is 8.16. The van der Waals surface area contributed by atoms with Crippen molar-refractivity contribution in [1.29, 1.82) is 0 Å². The van der Waals surface area contributed by atoms with E-state index in [9.17, 15) is 4.79 Å². The van der Waals surface area contributed by atoms with Gasteiger partial charge in [-0.05, 0) is 57.7 Å². The van der Waals surface area contributed by atoms with E-state index in [1.807, 2.05) is 0 Å². The normalized spacial score (nSPS) is 29.7. The smallest absolute Gasteiger partial charge is 0.133 e. The number of ketones is 1. The molecule has 2 aliphatic rings. The van der Waals surface area contributed by atoms with E-state index >= 15 is 0 Å². The van der Waals surface area contributed by atoms with Crippen molar-refractivity contribution in [3.8, 4) is 0 Å². The molecule has 0 aromatic heterocycles. The molecular formula is C12H21NO. The van der Waals surface area contributed by atoms with Crippen LogP contribution in [-0.4, -0.2) is 30.3 Å². The van der Waals surface area contributed by atoms with Crippen molar-refractivity contribution >= 4 is 5.78 Å². The van der Waals surface area contributed by atoms with Crippen molar-refractivity contribution in [3.63, 3.8) is 0 Å². The summed E-state index contributed by atoms with van der Waals surface area (Å²) in [7, 11) is 0. The van der Waals surface area contributed by atoms with E-state index in [1.165, 1.54) is 45.3 Å². The second kappa shape index (κ2) is 4.92. The molecule has 0 bridgehead atoms. The molecule has 0 spiro atoms. The number of carbonyl (C=O) groups excluding carboxylic acids is 1. The Bertz CT molecular complexity index is 196. The SMILES string of the molecule is O=C1CCCC(CCN2CCCC2)C1. The Morgan fingerprint density at radius 2 is 2.00 bits per heavy atom. The highest BCUT2D eigenvalue weighted by molar-refractivity contribution is 5.79. The fourth-order valence-corrected chi connectivity index (χ4v) is 2.73. The van der Waals surface area contributed by atoms with Crippen LogP contribution in [0.5, 0.6) is 0 Å². The first-order valence-corrected chi connectivity index (χ1v) is 6.08. The van der Waals surface area contributed by atoms with Gasteiger partial charge in [-0.3, -0.25) is 4.79 Å². The molecule has 2 heteroatoms. The molecule has 1 heterocycles. The summed E-state index contributed by atoms with van der Waals surface area (Å²) in [5, 5.41) is 0. The van der Waals surface area contributed by atoms with Crippen LogP contribution in [0.4, 0.5) is 0 Å². The molecule has 0 N–H and O–H groups in total. The maximum absolute atomic E-state index is 11.3. The van der Waals surface area contributed by atoms with Gasteiger partial charge in [0, 0.05) is 12.8 Å². The van der Waals surface area contributed by atoms with Crippen LogP contribution in [0.1, 0.15) is 44.9 Å². The van der Waals surface area contributed by atoms with Gasteiger partial charge in [0.1, 0.15) is 5.78 Å². The lowest BCUT2D eigenvalue weighted by Crippen LogP contribution is -2.24. The van der Waals surface area contributed by atoms with E-state index in [0.29, 0.717) is 11.7 Å². The van der Waals surface area contributed by atoms with Gasteiger partial charge in [-0.1, -0.05) is 0 Å². The van der Waals surface area contributed by atoms with Gasteiger partial charge in [-0.25, -0.2) is 0 Å². The standard InChI is InChI=1S/C12H21NO/c14-12-5-3-4-11(10-12)6-9-13-7-1-2-8-13/h11H,1-10H2. The Morgan fingerprint density at radius 3 is 2.71 bits per heavy atom. The van der Waals surface area contributed by atoms with E-state index in [-0.39, 0.29) is 0 Å². The van der Waals surface area contributed by atoms with E-state index in [2.05, 4.69) is 4.90 Å². The Kier molecular flexibility index (Phi) is 3.57. The number of likely N-dealkylation sites (tertiary alicyclic amines) is 1. The summed E-state index contributed by atoms with van der Waals surface area (Å²) in [5.74, 6) is 1.21. The molecule has 1 aliphatic heterocycles. The first-order valence-electron chi connectivity index (χ1n) is 6.08. The molecule has 2 nitrogen and oxygen atoms in total. The van der Waals surface area contributed by atoms with Crippen molar-refractivity contribution in [1.82, 2.24) is 4.90 Å². The van der Waals surface area contributed by atoms with Gasteiger partial charge in [0.15, 0.2) is 0 Å². The first-order chi connectivity index (χ1) is 6.84. The maximum atomic E-state index is 11.3. The minimum atomic E-state index is 0.502. The van der Waals surface area contributed by atoms with Gasteiger partial charge in [0.25, 0.3) is 0 Å². The van der Waals surface area contributed by atoms with E-state index in [1.54, 1.807) is 0 Å². The fourth-order valence-electron chi connectivity index (χ4n) is 2.73. The predicted molar refractivity (Wildman–Crippen MR) is 57.3 cm³/mol. The van der Waals surface area contributed by atoms with Gasteiger partial charge in [-0.2, -0.15) is 0 Å². The quantitative estimate of drug-likeness (QED) is 0.688. The summed E-state index contributed by atoms with van der Waals surface area (Å²) >= 11 is 0. The van der Waals surface area contributed by atoms with Crippen molar-refractivity contribution in [3.05, 3.63) is 0 Å². The number of hydrogen-bond acceptors (Lipinski definition) is 2. The third-order valence-corrected chi connectivity index (χ3v) is 3.64. The Labute approximate surface area is 86.7 Å². The zero-order valence-electron chi connectivity index (χ0n) is 9.00. The first kappa shape index (κ1) is 10.2. The molecule has 0 aromatic rings. The van der Waals surface area contributed by atoms with Crippen LogP contribution in [0.2, 0.25) is 0 Å². The van der Waals surface area contributed by atoms with Gasteiger partial charge in [0.05, 0.1) is 0 Å². The van der Waals surface area contributed by atoms with E-state index < -0.39 is 0 Å². The minimum absolute atomic E-state index is 0.502. The lowest BCUT2D eigenvalue weighted by atomic mass is 9.86. The monoisotopic (exact) mass is 195 g/mol. The lowest BCUT2D eigenvalue weighted by molar-refractivity contribution is -0.121. The summed E-state index contributed by atoms with van der Waals surface area (Å²) in [5.41, 5.74) is 0. The van der Waals surface area contributed by atoms with Gasteiger partial charge in [0.2, 0.25) is 0 Å². The highest BCUT2D eigenvalue weighted by Crippen LogP contribution is 2.24. The average molecular weight is 195 g/mol. The summed E-state index contributed by atoms with van der Waals surface area (Å²) in [6, 6.07) is 0. The Balaban J connectivity index is 1.66. The topological polar surface area (TPSA) is 20.3 Å². The highest BCUT2D eigenvalue weighted by atomic mass is 16.1. The third kappa shape index (κ3) is 2.81. The summed E-state index contributed by atoms with van der Waals surface area (Å²) < 4.78 is 0. The zero-order valence-corrected chi connectivity index (χ0v) is 9.00. The molecule has 80 valence electrons. The molecule has 1 saturated carbocycles. The molecule has 0 radical (unpaired) electrons.